The number of aryl methyl sites for hydroxylation is 1. The van der Waals surface area contributed by atoms with Crippen LogP contribution < -0.4 is 15.4 Å². The third-order valence-electron chi connectivity index (χ3n) is 8.52. The molecule has 0 aromatic heterocycles. The van der Waals surface area contributed by atoms with E-state index in [9.17, 15) is 14.4 Å². The minimum Gasteiger partial charge on any atom is -0.489 e. The minimum atomic E-state index is -1.08. The number of amides is 2. The second-order valence-corrected chi connectivity index (χ2v) is 13.1. The molecule has 0 spiro atoms. The van der Waals surface area contributed by atoms with E-state index >= 15 is 0 Å². The van der Waals surface area contributed by atoms with Crippen LogP contribution in [0.5, 0.6) is 5.75 Å². The Morgan fingerprint density at radius 2 is 1.59 bits per heavy atom. The molecule has 0 aliphatic carbocycles. The number of hydrogen-bond acceptors (Lipinski definition) is 5. The van der Waals surface area contributed by atoms with E-state index in [-0.39, 0.29) is 42.5 Å². The van der Waals surface area contributed by atoms with Crippen molar-refractivity contribution in [2.45, 2.75) is 72.1 Å². The number of nitrogens with one attached hydrogen (secondary N) is 2. The number of ketones is 1. The lowest BCUT2D eigenvalue weighted by Gasteiger charge is -2.27. The molecule has 1 aliphatic heterocycles. The van der Waals surface area contributed by atoms with Crippen molar-refractivity contribution in [3.05, 3.63) is 101 Å². The SMILES string of the molecule is CC(C)C[C@H](NC(=O)[C@H](Cc1ccccc1)CC(C)CNC(=O)O)C(=O)CN1CCCc2cc(OCc3ccccc3)ccc2C1. The number of carbonyl (C=O) groups is 3. The van der Waals surface area contributed by atoms with Crippen LogP contribution in [0.15, 0.2) is 78.9 Å². The molecule has 3 aromatic carbocycles. The maximum absolute atomic E-state index is 13.8. The van der Waals surface area contributed by atoms with Crippen LogP contribution in [0.25, 0.3) is 0 Å². The molecule has 3 N–H and O–H groups in total. The van der Waals surface area contributed by atoms with Gasteiger partial charge < -0.3 is 20.5 Å². The maximum atomic E-state index is 13.8. The molecule has 1 unspecified atom stereocenters. The number of benzene rings is 3. The summed E-state index contributed by atoms with van der Waals surface area (Å²) in [5.74, 6) is 0.501. The highest BCUT2D eigenvalue weighted by atomic mass is 16.5. The summed E-state index contributed by atoms with van der Waals surface area (Å²) in [7, 11) is 0. The van der Waals surface area contributed by atoms with Crippen LogP contribution in [0.2, 0.25) is 0 Å². The summed E-state index contributed by atoms with van der Waals surface area (Å²) in [6.45, 7) is 8.59. The first-order valence-corrected chi connectivity index (χ1v) is 16.5. The van der Waals surface area contributed by atoms with E-state index < -0.39 is 12.1 Å². The van der Waals surface area contributed by atoms with Crippen molar-refractivity contribution in [3.8, 4) is 5.75 Å². The normalized spacial score (nSPS) is 15.2. The maximum Gasteiger partial charge on any atom is 0.404 e. The fraction of sp³-hybridized carbons (Fsp3) is 0.447. The molecule has 3 atom stereocenters. The quantitative estimate of drug-likeness (QED) is 0.173. The second-order valence-electron chi connectivity index (χ2n) is 13.1. The summed E-state index contributed by atoms with van der Waals surface area (Å²) in [5.41, 5.74) is 4.61. The van der Waals surface area contributed by atoms with Crippen molar-refractivity contribution < 1.29 is 24.2 Å². The van der Waals surface area contributed by atoms with Crippen molar-refractivity contribution in [2.75, 3.05) is 19.6 Å². The van der Waals surface area contributed by atoms with Gasteiger partial charge in [0, 0.05) is 19.0 Å². The number of carboxylic acid groups (broad SMARTS) is 1. The Morgan fingerprint density at radius 3 is 2.26 bits per heavy atom. The molecule has 8 nitrogen and oxygen atoms in total. The molecule has 2 amide bonds. The van der Waals surface area contributed by atoms with E-state index in [4.69, 9.17) is 9.84 Å². The first kappa shape index (κ1) is 34.7. The number of Topliss-reactive ketones (excluding diaryl/α,β-unsaturated/α-hetero) is 1. The summed E-state index contributed by atoms with van der Waals surface area (Å²) in [5, 5.41) is 14.6. The average Bonchev–Trinajstić information content (AvgIpc) is 3.24. The smallest absolute Gasteiger partial charge is 0.404 e. The molecule has 0 radical (unpaired) electrons. The van der Waals surface area contributed by atoms with Crippen LogP contribution in [-0.2, 0) is 35.6 Å². The highest BCUT2D eigenvalue weighted by Gasteiger charge is 2.29. The molecule has 246 valence electrons. The number of ether oxygens (including phenoxy) is 1. The summed E-state index contributed by atoms with van der Waals surface area (Å²) in [4.78, 5) is 40.8. The lowest BCUT2D eigenvalue weighted by Crippen LogP contribution is -2.48. The van der Waals surface area contributed by atoms with Crippen LogP contribution >= 0.6 is 0 Å². The van der Waals surface area contributed by atoms with Crippen molar-refractivity contribution in [1.29, 1.82) is 0 Å². The van der Waals surface area contributed by atoms with Crippen LogP contribution in [0.4, 0.5) is 4.79 Å². The van der Waals surface area contributed by atoms with Gasteiger partial charge >= 0.3 is 6.09 Å². The molecule has 4 rings (SSSR count). The Labute approximate surface area is 273 Å². The Kier molecular flexibility index (Phi) is 13.2. The molecule has 1 aliphatic rings. The van der Waals surface area contributed by atoms with E-state index in [1.807, 2.05) is 61.5 Å². The van der Waals surface area contributed by atoms with Crippen LogP contribution in [-0.4, -0.2) is 53.5 Å². The molecule has 46 heavy (non-hydrogen) atoms. The summed E-state index contributed by atoms with van der Waals surface area (Å²) < 4.78 is 6.06. The van der Waals surface area contributed by atoms with Crippen LogP contribution in [0, 0.1) is 17.8 Å². The van der Waals surface area contributed by atoms with Crippen molar-refractivity contribution in [3.63, 3.8) is 0 Å². The zero-order valence-electron chi connectivity index (χ0n) is 27.4. The fourth-order valence-electron chi connectivity index (χ4n) is 6.14. The van der Waals surface area contributed by atoms with Gasteiger partial charge in [-0.15, -0.1) is 0 Å². The Morgan fingerprint density at radius 1 is 0.891 bits per heavy atom. The zero-order valence-corrected chi connectivity index (χ0v) is 27.4. The third-order valence-corrected chi connectivity index (χ3v) is 8.52. The zero-order chi connectivity index (χ0) is 32.9. The number of fused-ring (bicyclic) bond motifs is 1. The molecular weight excluding hydrogens is 578 g/mol. The van der Waals surface area contributed by atoms with Gasteiger partial charge in [0.2, 0.25) is 5.91 Å². The van der Waals surface area contributed by atoms with Gasteiger partial charge in [-0.1, -0.05) is 87.5 Å². The van der Waals surface area contributed by atoms with E-state index in [1.165, 1.54) is 11.1 Å². The lowest BCUT2D eigenvalue weighted by molar-refractivity contribution is -0.131. The van der Waals surface area contributed by atoms with Crippen LogP contribution in [0.1, 0.15) is 62.3 Å². The molecule has 0 fully saturated rings. The topological polar surface area (TPSA) is 108 Å². The number of hydrogen-bond donors (Lipinski definition) is 3. The molecule has 8 heteroatoms. The average molecular weight is 628 g/mol. The summed E-state index contributed by atoms with van der Waals surface area (Å²) in [6.07, 6.45) is 2.36. The number of carbonyl (C=O) groups excluding carboxylic acids is 2. The lowest BCUT2D eigenvalue weighted by atomic mass is 9.88. The van der Waals surface area contributed by atoms with Gasteiger partial charge in [0.1, 0.15) is 12.4 Å². The van der Waals surface area contributed by atoms with Gasteiger partial charge in [-0.05, 0) is 84.9 Å². The van der Waals surface area contributed by atoms with E-state index in [1.54, 1.807) is 0 Å². The predicted molar refractivity (Wildman–Crippen MR) is 181 cm³/mol. The third kappa shape index (κ3) is 11.3. The van der Waals surface area contributed by atoms with E-state index in [0.717, 1.165) is 36.3 Å². The van der Waals surface area contributed by atoms with Gasteiger partial charge in [-0.25, -0.2) is 4.79 Å². The molecule has 1 heterocycles. The molecule has 0 saturated heterocycles. The van der Waals surface area contributed by atoms with E-state index in [0.29, 0.717) is 32.4 Å². The number of nitrogens with zero attached hydrogens (tertiary/aromatic N) is 1. The van der Waals surface area contributed by atoms with Crippen molar-refractivity contribution in [2.24, 2.45) is 17.8 Å². The highest BCUT2D eigenvalue weighted by molar-refractivity contribution is 5.91. The Hall–Kier alpha value is -4.17. The summed E-state index contributed by atoms with van der Waals surface area (Å²) in [6, 6.07) is 25.6. The van der Waals surface area contributed by atoms with Crippen molar-refractivity contribution in [1.82, 2.24) is 15.5 Å². The van der Waals surface area contributed by atoms with Gasteiger partial charge in [0.05, 0.1) is 12.6 Å². The largest absolute Gasteiger partial charge is 0.489 e. The minimum absolute atomic E-state index is 0.0207. The molecular formula is C38H49N3O5. The Bertz CT molecular complexity index is 1410. The highest BCUT2D eigenvalue weighted by Crippen LogP contribution is 2.25. The van der Waals surface area contributed by atoms with E-state index in [2.05, 4.69) is 53.6 Å². The first-order valence-electron chi connectivity index (χ1n) is 16.5. The number of rotatable bonds is 16. The van der Waals surface area contributed by atoms with Gasteiger partial charge in [0.25, 0.3) is 0 Å². The fourth-order valence-corrected chi connectivity index (χ4v) is 6.14. The molecule has 3 aromatic rings. The Balaban J connectivity index is 1.40. The first-order chi connectivity index (χ1) is 22.2. The summed E-state index contributed by atoms with van der Waals surface area (Å²) >= 11 is 0. The standard InChI is InChI=1S/C38H49N3O5/c1-27(2)19-35(40-37(43)33(20-28(3)23-39-38(44)45)21-29-11-6-4-7-12-29)36(42)25-41-18-10-15-31-22-34(17-16-32(31)24-41)46-26-30-13-8-5-9-14-30/h4-9,11-14,16-17,22,27-28,33,35,39H,10,15,18-21,23-26H2,1-3H3,(H,40,43)(H,44,45)/t28?,33-,35-/m0/s1. The molecule has 0 bridgehead atoms. The molecule has 0 saturated carbocycles. The predicted octanol–water partition coefficient (Wildman–Crippen LogP) is 6.27. The van der Waals surface area contributed by atoms with Crippen LogP contribution in [0.3, 0.4) is 0 Å². The van der Waals surface area contributed by atoms with Gasteiger partial charge in [0.15, 0.2) is 5.78 Å². The van der Waals surface area contributed by atoms with Crippen molar-refractivity contribution >= 4 is 17.8 Å². The monoisotopic (exact) mass is 627 g/mol. The van der Waals surface area contributed by atoms with Gasteiger partial charge in [-0.2, -0.15) is 0 Å². The van der Waals surface area contributed by atoms with Gasteiger partial charge in [-0.3, -0.25) is 14.5 Å². The second kappa shape index (κ2) is 17.5.